The highest BCUT2D eigenvalue weighted by Gasteiger charge is 2.08. The fourth-order valence-corrected chi connectivity index (χ4v) is 2.58. The molecule has 2 aromatic carbocycles. The van der Waals surface area contributed by atoms with E-state index in [9.17, 15) is 0 Å². The number of aromatic nitrogens is 1. The summed E-state index contributed by atoms with van der Waals surface area (Å²) in [5, 5.41) is 1.89. The lowest BCUT2D eigenvalue weighted by atomic mass is 10.1. The molecule has 21 heavy (non-hydrogen) atoms. The average Bonchev–Trinajstić information content (AvgIpc) is 2.84. The zero-order valence-corrected chi connectivity index (χ0v) is 12.6. The number of rotatable bonds is 4. The number of benzene rings is 2. The van der Waals surface area contributed by atoms with E-state index in [-0.39, 0.29) is 0 Å². The van der Waals surface area contributed by atoms with Gasteiger partial charge < -0.3 is 15.0 Å². The molecule has 2 N–H and O–H groups in total. The number of halogens is 1. The Bertz CT molecular complexity index is 762. The summed E-state index contributed by atoms with van der Waals surface area (Å²) in [6.07, 6.45) is 2.13. The Balaban J connectivity index is 1.88. The number of ether oxygens (including phenoxy) is 1. The van der Waals surface area contributed by atoms with Crippen molar-refractivity contribution in [2.75, 3.05) is 5.73 Å². The molecule has 0 bridgehead atoms. The molecule has 0 amide bonds. The molecule has 4 heteroatoms. The van der Waals surface area contributed by atoms with Crippen molar-refractivity contribution in [1.82, 2.24) is 4.57 Å². The molecule has 0 spiro atoms. The predicted molar refractivity (Wildman–Crippen MR) is 87.8 cm³/mol. The standard InChI is InChI=1S/C17H17ClN2O/c1-2-20-10-12(16-8-5-14(19)9-17(16)20)11-21-15-6-3-13(18)4-7-15/h3-10H,2,11,19H2,1H3. The molecule has 0 saturated carbocycles. The third-order valence-corrected chi connectivity index (χ3v) is 3.79. The van der Waals surface area contributed by atoms with Gasteiger partial charge in [-0.05, 0) is 43.3 Å². The van der Waals surface area contributed by atoms with Crippen LogP contribution in [-0.4, -0.2) is 4.57 Å². The van der Waals surface area contributed by atoms with Crippen molar-refractivity contribution >= 4 is 28.2 Å². The second-order valence-electron chi connectivity index (χ2n) is 4.96. The topological polar surface area (TPSA) is 40.2 Å². The summed E-state index contributed by atoms with van der Waals surface area (Å²) in [5.74, 6) is 0.812. The first kappa shape index (κ1) is 13.8. The van der Waals surface area contributed by atoms with Crippen LogP contribution in [0.1, 0.15) is 12.5 Å². The van der Waals surface area contributed by atoms with E-state index in [1.54, 1.807) is 0 Å². The monoisotopic (exact) mass is 300 g/mol. The van der Waals surface area contributed by atoms with Gasteiger partial charge in [0.2, 0.25) is 0 Å². The van der Waals surface area contributed by atoms with E-state index >= 15 is 0 Å². The van der Waals surface area contributed by atoms with Crippen LogP contribution in [0.2, 0.25) is 5.02 Å². The maximum Gasteiger partial charge on any atom is 0.119 e. The number of fused-ring (bicyclic) bond motifs is 1. The van der Waals surface area contributed by atoms with Crippen molar-refractivity contribution < 1.29 is 4.74 Å². The van der Waals surface area contributed by atoms with Crippen LogP contribution in [0.4, 0.5) is 5.69 Å². The predicted octanol–water partition coefficient (Wildman–Crippen LogP) is 4.48. The minimum Gasteiger partial charge on any atom is -0.489 e. The maximum atomic E-state index is 5.88. The lowest BCUT2D eigenvalue weighted by Crippen LogP contribution is -1.94. The second kappa shape index (κ2) is 5.70. The van der Waals surface area contributed by atoms with Gasteiger partial charge in [0.25, 0.3) is 0 Å². The van der Waals surface area contributed by atoms with Crippen LogP contribution < -0.4 is 10.5 Å². The van der Waals surface area contributed by atoms with E-state index in [4.69, 9.17) is 22.1 Å². The number of nitrogens with zero attached hydrogens (tertiary/aromatic N) is 1. The third kappa shape index (κ3) is 2.83. The zero-order chi connectivity index (χ0) is 14.8. The van der Waals surface area contributed by atoms with Gasteiger partial charge in [-0.2, -0.15) is 0 Å². The van der Waals surface area contributed by atoms with Crippen molar-refractivity contribution in [3.63, 3.8) is 0 Å². The molecule has 3 aromatic rings. The highest BCUT2D eigenvalue weighted by Crippen LogP contribution is 2.25. The number of hydrogen-bond donors (Lipinski definition) is 1. The molecule has 0 fully saturated rings. The van der Waals surface area contributed by atoms with E-state index in [1.165, 1.54) is 5.39 Å². The van der Waals surface area contributed by atoms with E-state index in [0.29, 0.717) is 11.6 Å². The van der Waals surface area contributed by atoms with Crippen LogP contribution in [-0.2, 0) is 13.2 Å². The molecule has 0 saturated heterocycles. The molecule has 0 unspecified atom stereocenters. The highest BCUT2D eigenvalue weighted by atomic mass is 35.5. The zero-order valence-electron chi connectivity index (χ0n) is 11.8. The summed E-state index contributed by atoms with van der Waals surface area (Å²) >= 11 is 5.87. The van der Waals surface area contributed by atoms with E-state index in [1.807, 2.05) is 36.4 Å². The van der Waals surface area contributed by atoms with Gasteiger partial charge >= 0.3 is 0 Å². The van der Waals surface area contributed by atoms with Crippen LogP contribution >= 0.6 is 11.6 Å². The smallest absolute Gasteiger partial charge is 0.119 e. The summed E-state index contributed by atoms with van der Waals surface area (Å²) in [7, 11) is 0. The Morgan fingerprint density at radius 1 is 1.14 bits per heavy atom. The summed E-state index contributed by atoms with van der Waals surface area (Å²) in [4.78, 5) is 0. The molecule has 0 aliphatic heterocycles. The maximum absolute atomic E-state index is 5.88. The fraction of sp³-hybridized carbons (Fsp3) is 0.176. The van der Waals surface area contributed by atoms with E-state index in [2.05, 4.69) is 23.8 Å². The number of nitrogens with two attached hydrogens (primary N) is 1. The normalized spacial score (nSPS) is 11.0. The Morgan fingerprint density at radius 3 is 2.62 bits per heavy atom. The van der Waals surface area contributed by atoms with Crippen molar-refractivity contribution in [3.05, 3.63) is 59.2 Å². The van der Waals surface area contributed by atoms with Gasteiger partial charge in [0.1, 0.15) is 12.4 Å². The first-order valence-electron chi connectivity index (χ1n) is 6.93. The van der Waals surface area contributed by atoms with Gasteiger partial charge in [-0.25, -0.2) is 0 Å². The second-order valence-corrected chi connectivity index (χ2v) is 5.40. The van der Waals surface area contributed by atoms with Crippen LogP contribution in [0.3, 0.4) is 0 Å². The molecule has 3 rings (SSSR count). The molecule has 0 radical (unpaired) electrons. The molecule has 0 aliphatic carbocycles. The minimum atomic E-state index is 0.523. The Labute approximate surface area is 128 Å². The lowest BCUT2D eigenvalue weighted by Gasteiger charge is -2.05. The van der Waals surface area contributed by atoms with Crippen LogP contribution in [0, 0.1) is 0 Å². The largest absolute Gasteiger partial charge is 0.489 e. The summed E-state index contributed by atoms with van der Waals surface area (Å²) in [6, 6.07) is 13.4. The number of nitrogen functional groups attached to an aromatic ring is 1. The Hall–Kier alpha value is -2.13. The molecular weight excluding hydrogens is 284 g/mol. The lowest BCUT2D eigenvalue weighted by molar-refractivity contribution is 0.307. The molecule has 0 aliphatic rings. The van der Waals surface area contributed by atoms with Gasteiger partial charge in [0.05, 0.1) is 5.52 Å². The van der Waals surface area contributed by atoms with Gasteiger partial charge in [-0.3, -0.25) is 0 Å². The Kier molecular flexibility index (Phi) is 3.76. The van der Waals surface area contributed by atoms with Crippen LogP contribution in [0.25, 0.3) is 10.9 Å². The number of aryl methyl sites for hydroxylation is 1. The summed E-state index contributed by atoms with van der Waals surface area (Å²) in [5.41, 5.74) is 8.96. The number of hydrogen-bond acceptors (Lipinski definition) is 2. The summed E-state index contributed by atoms with van der Waals surface area (Å²) in [6.45, 7) is 3.54. The Morgan fingerprint density at radius 2 is 1.90 bits per heavy atom. The van der Waals surface area contributed by atoms with Crippen molar-refractivity contribution in [2.24, 2.45) is 0 Å². The SMILES string of the molecule is CCn1cc(COc2ccc(Cl)cc2)c2ccc(N)cc21. The molecule has 1 heterocycles. The van der Waals surface area contributed by atoms with Crippen molar-refractivity contribution in [3.8, 4) is 5.75 Å². The van der Waals surface area contributed by atoms with Gasteiger partial charge in [0, 0.05) is 34.4 Å². The minimum absolute atomic E-state index is 0.523. The van der Waals surface area contributed by atoms with Crippen molar-refractivity contribution in [2.45, 2.75) is 20.1 Å². The van der Waals surface area contributed by atoms with Crippen LogP contribution in [0.15, 0.2) is 48.7 Å². The van der Waals surface area contributed by atoms with Gasteiger partial charge in [-0.1, -0.05) is 17.7 Å². The van der Waals surface area contributed by atoms with Crippen LogP contribution in [0.5, 0.6) is 5.75 Å². The first-order valence-corrected chi connectivity index (χ1v) is 7.31. The fourth-order valence-electron chi connectivity index (χ4n) is 2.45. The van der Waals surface area contributed by atoms with Gasteiger partial charge in [0.15, 0.2) is 0 Å². The first-order chi connectivity index (χ1) is 10.2. The van der Waals surface area contributed by atoms with E-state index < -0.39 is 0 Å². The molecule has 1 aromatic heterocycles. The van der Waals surface area contributed by atoms with Crippen molar-refractivity contribution in [1.29, 1.82) is 0 Å². The summed E-state index contributed by atoms with van der Waals surface area (Å²) < 4.78 is 8.03. The average molecular weight is 301 g/mol. The van der Waals surface area contributed by atoms with E-state index in [0.717, 1.165) is 29.1 Å². The van der Waals surface area contributed by atoms with Gasteiger partial charge in [-0.15, -0.1) is 0 Å². The molecule has 108 valence electrons. The molecular formula is C17H17ClN2O. The molecule has 0 atom stereocenters. The highest BCUT2D eigenvalue weighted by molar-refractivity contribution is 6.30. The molecule has 3 nitrogen and oxygen atoms in total. The third-order valence-electron chi connectivity index (χ3n) is 3.54. The quantitative estimate of drug-likeness (QED) is 0.722. The number of anilines is 1.